The number of methoxy groups -OCH3 is 1. The van der Waals surface area contributed by atoms with E-state index >= 15 is 0 Å². The average molecular weight is 311 g/mol. The Labute approximate surface area is 134 Å². The lowest BCUT2D eigenvalue weighted by molar-refractivity contribution is 0.0600. The summed E-state index contributed by atoms with van der Waals surface area (Å²) in [6.07, 6.45) is 1.72. The molecule has 6 heteroatoms. The lowest BCUT2D eigenvalue weighted by Crippen LogP contribution is -2.29. The van der Waals surface area contributed by atoms with Crippen LogP contribution in [0.4, 0.5) is 5.82 Å². The summed E-state index contributed by atoms with van der Waals surface area (Å²) in [5.74, 6) is 0.286. The highest BCUT2D eigenvalue weighted by atomic mass is 16.5. The third-order valence-corrected chi connectivity index (χ3v) is 3.76. The second-order valence-electron chi connectivity index (χ2n) is 5.23. The number of ether oxygens (including phenoxy) is 1. The topological polar surface area (TPSA) is 71.5 Å². The molecule has 0 aliphatic carbocycles. The first-order valence-electron chi connectivity index (χ1n) is 7.34. The number of esters is 1. The van der Waals surface area contributed by atoms with Gasteiger partial charge >= 0.3 is 5.97 Å². The van der Waals surface area contributed by atoms with Gasteiger partial charge in [-0.2, -0.15) is 0 Å². The number of fused-ring (bicyclic) bond motifs is 1. The predicted molar refractivity (Wildman–Crippen MR) is 85.2 cm³/mol. The number of hydrogen-bond donors (Lipinski definition) is 1. The van der Waals surface area contributed by atoms with Crippen LogP contribution in [0.1, 0.15) is 26.3 Å². The molecule has 23 heavy (non-hydrogen) atoms. The normalized spacial score (nSPS) is 12.9. The predicted octanol–water partition coefficient (Wildman–Crippen LogP) is 1.94. The van der Waals surface area contributed by atoms with Gasteiger partial charge in [0.1, 0.15) is 5.82 Å². The van der Waals surface area contributed by atoms with Crippen LogP contribution in [0.25, 0.3) is 0 Å². The van der Waals surface area contributed by atoms with Gasteiger partial charge in [-0.1, -0.05) is 12.1 Å². The summed E-state index contributed by atoms with van der Waals surface area (Å²) in [7, 11) is 1.33. The quantitative estimate of drug-likeness (QED) is 0.854. The molecule has 1 aliphatic heterocycles. The zero-order chi connectivity index (χ0) is 16.2. The summed E-state index contributed by atoms with van der Waals surface area (Å²) in [6.45, 7) is 1.73. The van der Waals surface area contributed by atoms with E-state index in [9.17, 15) is 9.59 Å². The SMILES string of the molecule is COC(=O)c1ccc2c(c1)C(=O)N(CCNc1ccccn1)C2. The molecule has 0 saturated carbocycles. The highest BCUT2D eigenvalue weighted by Crippen LogP contribution is 2.24. The van der Waals surface area contributed by atoms with E-state index < -0.39 is 5.97 Å². The van der Waals surface area contributed by atoms with Crippen molar-refractivity contribution < 1.29 is 14.3 Å². The number of hydrogen-bond acceptors (Lipinski definition) is 5. The maximum atomic E-state index is 12.4. The minimum absolute atomic E-state index is 0.0615. The number of carbonyl (C=O) groups excluding carboxylic acids is 2. The van der Waals surface area contributed by atoms with Crippen molar-refractivity contribution in [1.29, 1.82) is 0 Å². The summed E-state index contributed by atoms with van der Waals surface area (Å²) >= 11 is 0. The van der Waals surface area contributed by atoms with Gasteiger partial charge in [-0.05, 0) is 29.8 Å². The molecule has 0 atom stereocenters. The Balaban J connectivity index is 1.63. The third-order valence-electron chi connectivity index (χ3n) is 3.76. The minimum atomic E-state index is -0.434. The largest absolute Gasteiger partial charge is 0.465 e. The van der Waals surface area contributed by atoms with Gasteiger partial charge in [0, 0.05) is 31.4 Å². The van der Waals surface area contributed by atoms with Crippen LogP contribution < -0.4 is 5.32 Å². The standard InChI is InChI=1S/C17H17N3O3/c1-23-17(22)12-5-6-13-11-20(16(21)14(13)10-12)9-8-19-15-4-2-3-7-18-15/h2-7,10H,8-9,11H2,1H3,(H,18,19). The summed E-state index contributed by atoms with van der Waals surface area (Å²) in [4.78, 5) is 29.9. The van der Waals surface area contributed by atoms with Crippen molar-refractivity contribution in [3.8, 4) is 0 Å². The summed E-state index contributed by atoms with van der Waals surface area (Å²) < 4.78 is 4.69. The van der Waals surface area contributed by atoms with E-state index in [1.54, 1.807) is 23.2 Å². The van der Waals surface area contributed by atoms with Crippen LogP contribution in [0.3, 0.4) is 0 Å². The van der Waals surface area contributed by atoms with E-state index in [-0.39, 0.29) is 5.91 Å². The molecule has 2 heterocycles. The second kappa shape index (κ2) is 6.48. The fourth-order valence-electron chi connectivity index (χ4n) is 2.57. The molecule has 2 aromatic rings. The molecule has 1 aromatic carbocycles. The Bertz CT molecular complexity index is 731. The van der Waals surface area contributed by atoms with Crippen molar-refractivity contribution in [2.45, 2.75) is 6.54 Å². The maximum Gasteiger partial charge on any atom is 0.337 e. The smallest absolute Gasteiger partial charge is 0.337 e. The number of nitrogens with zero attached hydrogens (tertiary/aromatic N) is 2. The molecule has 0 radical (unpaired) electrons. The van der Waals surface area contributed by atoms with Crippen molar-refractivity contribution >= 4 is 17.7 Å². The van der Waals surface area contributed by atoms with Gasteiger partial charge in [0.05, 0.1) is 12.7 Å². The first-order valence-corrected chi connectivity index (χ1v) is 7.34. The Morgan fingerprint density at radius 2 is 2.22 bits per heavy atom. The van der Waals surface area contributed by atoms with Crippen molar-refractivity contribution in [1.82, 2.24) is 9.88 Å². The number of pyridine rings is 1. The molecule has 118 valence electrons. The number of carbonyl (C=O) groups is 2. The molecule has 0 saturated heterocycles. The zero-order valence-electron chi connectivity index (χ0n) is 12.8. The van der Waals surface area contributed by atoms with Gasteiger partial charge < -0.3 is 15.0 Å². The van der Waals surface area contributed by atoms with Crippen LogP contribution in [-0.4, -0.2) is 42.0 Å². The molecule has 1 N–H and O–H groups in total. The summed E-state index contributed by atoms with van der Waals surface area (Å²) in [5.41, 5.74) is 1.90. The molecule has 6 nitrogen and oxygen atoms in total. The van der Waals surface area contributed by atoms with Crippen molar-refractivity contribution in [2.75, 3.05) is 25.5 Å². The highest BCUT2D eigenvalue weighted by molar-refractivity contribution is 6.01. The highest BCUT2D eigenvalue weighted by Gasteiger charge is 2.27. The van der Waals surface area contributed by atoms with E-state index in [0.29, 0.717) is 30.8 Å². The average Bonchev–Trinajstić information content (AvgIpc) is 2.91. The molecule has 0 unspecified atom stereocenters. The number of benzene rings is 1. The number of aromatic nitrogens is 1. The lowest BCUT2D eigenvalue weighted by Gasteiger charge is -2.16. The lowest BCUT2D eigenvalue weighted by atomic mass is 10.1. The van der Waals surface area contributed by atoms with E-state index in [4.69, 9.17) is 4.74 Å². The summed E-state index contributed by atoms with van der Waals surface area (Å²) in [5, 5.41) is 3.18. The Morgan fingerprint density at radius 3 is 2.96 bits per heavy atom. The fraction of sp³-hybridized carbons (Fsp3) is 0.235. The Morgan fingerprint density at radius 1 is 1.35 bits per heavy atom. The number of nitrogens with one attached hydrogen (secondary N) is 1. The fourth-order valence-corrected chi connectivity index (χ4v) is 2.57. The molecular formula is C17H17N3O3. The third kappa shape index (κ3) is 3.15. The van der Waals surface area contributed by atoms with Gasteiger partial charge in [0.15, 0.2) is 0 Å². The van der Waals surface area contributed by atoms with Gasteiger partial charge in [0.2, 0.25) is 0 Å². The Kier molecular flexibility index (Phi) is 4.23. The molecule has 0 bridgehead atoms. The van der Waals surface area contributed by atoms with Gasteiger partial charge in [-0.15, -0.1) is 0 Å². The van der Waals surface area contributed by atoms with Crippen LogP contribution in [0.15, 0.2) is 42.6 Å². The van der Waals surface area contributed by atoms with Gasteiger partial charge in [-0.3, -0.25) is 4.79 Å². The number of anilines is 1. The van der Waals surface area contributed by atoms with Gasteiger partial charge in [-0.25, -0.2) is 9.78 Å². The summed E-state index contributed by atoms with van der Waals surface area (Å²) in [6, 6.07) is 10.7. The maximum absolute atomic E-state index is 12.4. The molecule has 0 fully saturated rings. The first kappa shape index (κ1) is 15.0. The van der Waals surface area contributed by atoms with Crippen LogP contribution in [0.2, 0.25) is 0 Å². The van der Waals surface area contributed by atoms with E-state index in [0.717, 1.165) is 11.4 Å². The van der Waals surface area contributed by atoms with E-state index in [1.807, 2.05) is 24.3 Å². The molecule has 3 rings (SSSR count). The molecule has 1 aromatic heterocycles. The minimum Gasteiger partial charge on any atom is -0.465 e. The second-order valence-corrected chi connectivity index (χ2v) is 5.23. The van der Waals surface area contributed by atoms with Crippen molar-refractivity contribution in [3.63, 3.8) is 0 Å². The first-order chi connectivity index (χ1) is 11.2. The van der Waals surface area contributed by atoms with Crippen molar-refractivity contribution in [2.24, 2.45) is 0 Å². The zero-order valence-corrected chi connectivity index (χ0v) is 12.8. The van der Waals surface area contributed by atoms with Crippen LogP contribution in [0, 0.1) is 0 Å². The van der Waals surface area contributed by atoms with Crippen molar-refractivity contribution in [3.05, 3.63) is 59.3 Å². The molecule has 0 spiro atoms. The number of amides is 1. The van der Waals surface area contributed by atoms with E-state index in [2.05, 4.69) is 10.3 Å². The monoisotopic (exact) mass is 311 g/mol. The molecule has 1 amide bonds. The molecule has 1 aliphatic rings. The Hall–Kier alpha value is -2.89. The number of rotatable bonds is 5. The van der Waals surface area contributed by atoms with Crippen LogP contribution >= 0.6 is 0 Å². The van der Waals surface area contributed by atoms with Crippen LogP contribution in [0.5, 0.6) is 0 Å². The molecular weight excluding hydrogens is 294 g/mol. The van der Waals surface area contributed by atoms with Crippen LogP contribution in [-0.2, 0) is 11.3 Å². The van der Waals surface area contributed by atoms with Gasteiger partial charge in [0.25, 0.3) is 5.91 Å². The van der Waals surface area contributed by atoms with E-state index in [1.165, 1.54) is 7.11 Å².